The first-order valence-corrected chi connectivity index (χ1v) is 21.6. The molecule has 17 heteroatoms. The van der Waals surface area contributed by atoms with Crippen molar-refractivity contribution in [3.63, 3.8) is 0 Å². The Balaban J connectivity index is 1.25. The van der Waals surface area contributed by atoms with E-state index in [2.05, 4.69) is 24.9 Å². The minimum absolute atomic E-state index is 0.0646. The Kier molecular flexibility index (Phi) is 11.5. The van der Waals surface area contributed by atoms with Gasteiger partial charge in [0, 0.05) is 55.0 Å². The SMILES string of the molecule is COc1cc(N2CCC(CCS(C)(=O)=O)CC2)c(C)cc1Nc1nccc(-c2sc(C(C)C)nc2-c2ccnc(NS(=O)(=O)c3c(F)cccc3F)c2)n1. The second-order valence-electron chi connectivity index (χ2n) is 13.5. The number of aryl methyl sites for hydroxylation is 1. The van der Waals surface area contributed by atoms with Crippen molar-refractivity contribution < 1.29 is 30.4 Å². The van der Waals surface area contributed by atoms with E-state index in [9.17, 15) is 25.6 Å². The zero-order chi connectivity index (χ0) is 38.8. The first-order valence-electron chi connectivity index (χ1n) is 17.3. The van der Waals surface area contributed by atoms with Gasteiger partial charge in [-0.15, -0.1) is 11.3 Å². The quantitative estimate of drug-likeness (QED) is 0.121. The van der Waals surface area contributed by atoms with Crippen LogP contribution in [0.25, 0.3) is 21.8 Å². The minimum atomic E-state index is -4.65. The number of methoxy groups -OCH3 is 1. The van der Waals surface area contributed by atoms with Gasteiger partial charge in [0.05, 0.1) is 39.8 Å². The van der Waals surface area contributed by atoms with Gasteiger partial charge >= 0.3 is 0 Å². The normalized spacial score (nSPS) is 14.0. The van der Waals surface area contributed by atoms with Gasteiger partial charge in [0.1, 0.15) is 33.0 Å². The summed E-state index contributed by atoms with van der Waals surface area (Å²) in [5.74, 6) is -1.02. The molecule has 5 aromatic rings. The zero-order valence-corrected chi connectivity index (χ0v) is 32.9. The minimum Gasteiger partial charge on any atom is -0.494 e. The second kappa shape index (κ2) is 15.9. The summed E-state index contributed by atoms with van der Waals surface area (Å²) in [6, 6.07) is 11.7. The van der Waals surface area contributed by atoms with Crippen LogP contribution in [-0.4, -0.2) is 69.0 Å². The number of anilines is 4. The maximum Gasteiger partial charge on any atom is 0.268 e. The van der Waals surface area contributed by atoms with E-state index in [-0.39, 0.29) is 17.5 Å². The number of piperidine rings is 1. The summed E-state index contributed by atoms with van der Waals surface area (Å²) in [6.45, 7) is 7.68. The zero-order valence-electron chi connectivity index (χ0n) is 30.4. The van der Waals surface area contributed by atoms with E-state index in [1.54, 1.807) is 25.4 Å². The average Bonchev–Trinajstić information content (AvgIpc) is 3.57. The molecule has 1 aliphatic rings. The molecule has 12 nitrogen and oxygen atoms in total. The second-order valence-corrected chi connectivity index (χ2v) is 18.5. The lowest BCUT2D eigenvalue weighted by atomic mass is 9.93. The first-order chi connectivity index (χ1) is 25.6. The number of aromatic nitrogens is 4. The van der Waals surface area contributed by atoms with Crippen LogP contribution in [0, 0.1) is 24.5 Å². The Labute approximate surface area is 318 Å². The molecule has 6 rings (SSSR count). The number of nitrogens with one attached hydrogen (secondary N) is 2. The third kappa shape index (κ3) is 8.96. The summed E-state index contributed by atoms with van der Waals surface area (Å²) < 4.78 is 86.0. The maximum absolute atomic E-state index is 14.4. The van der Waals surface area contributed by atoms with Gasteiger partial charge in [-0.05, 0) is 74.1 Å². The number of ether oxygens (including phenoxy) is 1. The summed E-state index contributed by atoms with van der Waals surface area (Å²) in [5.41, 5.74) is 4.33. The Morgan fingerprint density at radius 3 is 2.35 bits per heavy atom. The van der Waals surface area contributed by atoms with Gasteiger partial charge < -0.3 is 15.0 Å². The van der Waals surface area contributed by atoms with Crippen LogP contribution >= 0.6 is 11.3 Å². The average molecular weight is 798 g/mol. The fraction of sp³-hybridized carbons (Fsp3) is 0.351. The van der Waals surface area contributed by atoms with Crippen LogP contribution in [0.15, 0.2) is 65.8 Å². The molecule has 286 valence electrons. The van der Waals surface area contributed by atoms with Crippen LogP contribution in [0.2, 0.25) is 0 Å². The predicted octanol–water partition coefficient (Wildman–Crippen LogP) is 7.58. The molecular formula is C37H41F2N7O5S3. The van der Waals surface area contributed by atoms with Crippen LogP contribution in [0.3, 0.4) is 0 Å². The number of halogens is 2. The highest BCUT2D eigenvalue weighted by molar-refractivity contribution is 7.92. The molecule has 1 aliphatic heterocycles. The predicted molar refractivity (Wildman–Crippen MR) is 208 cm³/mol. The van der Waals surface area contributed by atoms with Gasteiger partial charge in [-0.1, -0.05) is 19.9 Å². The summed E-state index contributed by atoms with van der Waals surface area (Å²) in [6.07, 6.45) is 6.81. The molecule has 2 aromatic carbocycles. The highest BCUT2D eigenvalue weighted by atomic mass is 32.2. The lowest BCUT2D eigenvalue weighted by Gasteiger charge is -2.35. The van der Waals surface area contributed by atoms with Crippen LogP contribution in [-0.2, 0) is 19.9 Å². The molecule has 0 atom stereocenters. The van der Waals surface area contributed by atoms with Crippen molar-refractivity contribution in [3.8, 4) is 27.6 Å². The number of hydrogen-bond donors (Lipinski definition) is 2. The summed E-state index contributed by atoms with van der Waals surface area (Å²) in [7, 11) is -6.03. The van der Waals surface area contributed by atoms with Crippen molar-refractivity contribution in [1.82, 2.24) is 19.9 Å². The van der Waals surface area contributed by atoms with Gasteiger partial charge in [-0.3, -0.25) is 4.72 Å². The van der Waals surface area contributed by atoms with E-state index in [4.69, 9.17) is 14.7 Å². The summed E-state index contributed by atoms with van der Waals surface area (Å²) in [4.78, 5) is 20.2. The van der Waals surface area contributed by atoms with Crippen molar-refractivity contribution in [2.45, 2.75) is 50.8 Å². The number of sulfone groups is 1. The molecule has 0 radical (unpaired) electrons. The highest BCUT2D eigenvalue weighted by Crippen LogP contribution is 2.40. The molecule has 1 saturated heterocycles. The number of thiazole rings is 1. The fourth-order valence-electron chi connectivity index (χ4n) is 6.31. The Hall–Kier alpha value is -4.74. The number of rotatable bonds is 13. The maximum atomic E-state index is 14.4. The lowest BCUT2D eigenvalue weighted by Crippen LogP contribution is -2.34. The van der Waals surface area contributed by atoms with Gasteiger partial charge in [0.25, 0.3) is 10.0 Å². The molecule has 0 saturated carbocycles. The standard InChI is InChI=1S/C37H41F2N7O5S3/c1-22(2)36-44-33(25-9-14-40-32(20-25)45-54(49,50)35-26(38)7-6-8-27(35)39)34(52-36)28-10-15-41-37(42-28)43-29-19-23(3)30(21-31(29)51-4)46-16-11-24(12-17-46)13-18-53(5,47)48/h6-10,14-15,19-22,24H,11-13,16-18H2,1-5H3,(H,40,45)(H,41,42,43). The first kappa shape index (κ1) is 39.0. The molecule has 3 aromatic heterocycles. The number of pyridine rings is 1. The largest absolute Gasteiger partial charge is 0.494 e. The number of hydrogen-bond acceptors (Lipinski definition) is 12. The number of benzene rings is 2. The topological polar surface area (TPSA) is 156 Å². The van der Waals surface area contributed by atoms with E-state index in [0.717, 1.165) is 60.4 Å². The van der Waals surface area contributed by atoms with Crippen LogP contribution in [0.5, 0.6) is 5.75 Å². The Morgan fingerprint density at radius 1 is 0.981 bits per heavy atom. The van der Waals surface area contributed by atoms with Crippen LogP contribution < -0.4 is 19.7 Å². The van der Waals surface area contributed by atoms with Crippen molar-refractivity contribution in [2.75, 3.05) is 47.1 Å². The van der Waals surface area contributed by atoms with Crippen molar-refractivity contribution in [1.29, 1.82) is 0 Å². The lowest BCUT2D eigenvalue weighted by molar-refractivity contribution is 0.393. The fourth-order valence-corrected chi connectivity index (χ4v) is 9.27. The molecule has 0 unspecified atom stereocenters. The molecule has 0 amide bonds. The van der Waals surface area contributed by atoms with E-state index < -0.39 is 36.4 Å². The van der Waals surface area contributed by atoms with Crippen molar-refractivity contribution in [2.24, 2.45) is 5.92 Å². The van der Waals surface area contributed by atoms with E-state index in [0.29, 0.717) is 51.6 Å². The molecule has 0 aliphatic carbocycles. The smallest absolute Gasteiger partial charge is 0.268 e. The molecule has 4 heterocycles. The van der Waals surface area contributed by atoms with Crippen LogP contribution in [0.4, 0.5) is 31.9 Å². The third-order valence-electron chi connectivity index (χ3n) is 9.10. The molecule has 0 spiro atoms. The molecular weight excluding hydrogens is 757 g/mol. The van der Waals surface area contributed by atoms with E-state index in [1.807, 2.05) is 32.9 Å². The van der Waals surface area contributed by atoms with E-state index in [1.165, 1.54) is 29.9 Å². The Morgan fingerprint density at radius 2 is 1.69 bits per heavy atom. The van der Waals surface area contributed by atoms with Gasteiger partial charge in [-0.2, -0.15) is 0 Å². The van der Waals surface area contributed by atoms with Gasteiger partial charge in [0.2, 0.25) is 5.95 Å². The molecule has 1 fully saturated rings. The monoisotopic (exact) mass is 797 g/mol. The summed E-state index contributed by atoms with van der Waals surface area (Å²) in [5, 5.41) is 4.12. The summed E-state index contributed by atoms with van der Waals surface area (Å²) >= 11 is 1.43. The highest BCUT2D eigenvalue weighted by Gasteiger charge is 2.26. The van der Waals surface area contributed by atoms with Crippen LogP contribution in [0.1, 0.15) is 49.6 Å². The third-order valence-corrected chi connectivity index (χ3v) is 12.9. The van der Waals surface area contributed by atoms with Gasteiger partial charge in [0.15, 0.2) is 4.90 Å². The number of sulfonamides is 1. The van der Waals surface area contributed by atoms with Gasteiger partial charge in [-0.25, -0.2) is 45.6 Å². The molecule has 0 bridgehead atoms. The van der Waals surface area contributed by atoms with Crippen molar-refractivity contribution >= 4 is 54.3 Å². The van der Waals surface area contributed by atoms with Crippen molar-refractivity contribution in [3.05, 3.63) is 83.1 Å². The Bertz CT molecular complexity index is 2360. The van der Waals surface area contributed by atoms with E-state index >= 15 is 0 Å². The number of nitrogens with zero attached hydrogens (tertiary/aromatic N) is 5. The molecule has 54 heavy (non-hydrogen) atoms. The molecule has 2 N–H and O–H groups in total.